The Hall–Kier alpha value is -1.10. The van der Waals surface area contributed by atoms with Gasteiger partial charge in [0.25, 0.3) is 0 Å². The quantitative estimate of drug-likeness (QED) is 0.416. The van der Waals surface area contributed by atoms with Crippen molar-refractivity contribution in [3.63, 3.8) is 0 Å². The van der Waals surface area contributed by atoms with E-state index in [4.69, 9.17) is 9.84 Å². The van der Waals surface area contributed by atoms with E-state index in [-0.39, 0.29) is 0 Å². The Balaban J connectivity index is 2.20. The normalized spacial score (nSPS) is 36.0. The van der Waals surface area contributed by atoms with Gasteiger partial charge in [0.15, 0.2) is 6.23 Å². The van der Waals surface area contributed by atoms with Crippen molar-refractivity contribution in [2.24, 2.45) is 0 Å². The first-order valence-electron chi connectivity index (χ1n) is 6.39. The molecule has 0 radical (unpaired) electrons. The molecule has 2 rings (SSSR count). The molecular formula is C11H19N3O6. The zero-order valence-corrected chi connectivity index (χ0v) is 10.9. The first-order valence-corrected chi connectivity index (χ1v) is 6.39. The van der Waals surface area contributed by atoms with Gasteiger partial charge < -0.3 is 30.3 Å². The lowest BCUT2D eigenvalue weighted by molar-refractivity contribution is -0.254. The van der Waals surface area contributed by atoms with Crippen molar-refractivity contribution in [3.8, 4) is 0 Å². The topological polar surface area (TPSA) is 141 Å². The minimum atomic E-state index is -1.48. The summed E-state index contributed by atoms with van der Waals surface area (Å²) in [6.07, 6.45) is -5.38. The monoisotopic (exact) mass is 289 g/mol. The molecule has 1 aromatic heterocycles. The number of ether oxygens (including phenoxy) is 1. The van der Waals surface area contributed by atoms with Gasteiger partial charge in [0.05, 0.1) is 18.9 Å². The molecule has 5 N–H and O–H groups in total. The lowest BCUT2D eigenvalue weighted by atomic mass is 9.98. The fraction of sp³-hybridized carbons (Fsp3) is 0.818. The second kappa shape index (κ2) is 6.12. The van der Waals surface area contributed by atoms with Gasteiger partial charge in [-0.3, -0.25) is 0 Å². The Bertz CT molecular complexity index is 440. The van der Waals surface area contributed by atoms with Crippen LogP contribution in [0.5, 0.6) is 0 Å². The molecule has 0 saturated carbocycles. The zero-order valence-electron chi connectivity index (χ0n) is 10.9. The predicted octanol–water partition coefficient (Wildman–Crippen LogP) is -2.31. The van der Waals surface area contributed by atoms with E-state index in [0.717, 1.165) is 4.68 Å². The van der Waals surface area contributed by atoms with Crippen molar-refractivity contribution in [3.05, 3.63) is 11.9 Å². The standard InChI is InChI=1S/C11H19N3O6/c1-2-6(16)5-3-14(13-12-5)11-10(19)9(18)8(17)7(4-15)20-11/h3,6-11,15-19H,2,4H2,1H3/t6?,7-,8-,9+,10-,11-/m1/s1. The molecule has 2 heterocycles. The number of aliphatic hydroxyl groups excluding tert-OH is 5. The highest BCUT2D eigenvalue weighted by Gasteiger charge is 2.44. The molecule has 1 fully saturated rings. The van der Waals surface area contributed by atoms with Crippen molar-refractivity contribution < 1.29 is 30.3 Å². The summed E-state index contributed by atoms with van der Waals surface area (Å²) in [6, 6.07) is 0. The molecule has 1 aromatic rings. The average Bonchev–Trinajstić information content (AvgIpc) is 2.94. The Morgan fingerprint density at radius 3 is 2.60 bits per heavy atom. The van der Waals surface area contributed by atoms with Crippen molar-refractivity contribution in [2.45, 2.75) is 50.1 Å². The summed E-state index contributed by atoms with van der Waals surface area (Å²) in [4.78, 5) is 0. The van der Waals surface area contributed by atoms with Crippen LogP contribution in [0.2, 0.25) is 0 Å². The highest BCUT2D eigenvalue weighted by molar-refractivity contribution is 4.99. The van der Waals surface area contributed by atoms with Crippen LogP contribution in [0.15, 0.2) is 6.20 Å². The number of aliphatic hydroxyl groups is 5. The third-order valence-electron chi connectivity index (χ3n) is 3.38. The molecular weight excluding hydrogens is 270 g/mol. The fourth-order valence-electron chi connectivity index (χ4n) is 2.08. The van der Waals surface area contributed by atoms with Gasteiger partial charge in [-0.05, 0) is 6.42 Å². The Morgan fingerprint density at radius 2 is 2.00 bits per heavy atom. The molecule has 6 atom stereocenters. The van der Waals surface area contributed by atoms with Gasteiger partial charge in [-0.1, -0.05) is 12.1 Å². The number of hydrogen-bond acceptors (Lipinski definition) is 8. The van der Waals surface area contributed by atoms with E-state index in [9.17, 15) is 20.4 Å². The summed E-state index contributed by atoms with van der Waals surface area (Å²) in [7, 11) is 0. The van der Waals surface area contributed by atoms with Crippen LogP contribution >= 0.6 is 0 Å². The molecule has 114 valence electrons. The lowest BCUT2D eigenvalue weighted by Crippen LogP contribution is -2.56. The molecule has 0 aromatic carbocycles. The molecule has 0 spiro atoms. The Labute approximate surface area is 115 Å². The van der Waals surface area contributed by atoms with Crippen LogP contribution in [-0.4, -0.2) is 71.5 Å². The molecule has 0 amide bonds. The number of nitrogens with zero attached hydrogens (tertiary/aromatic N) is 3. The van der Waals surface area contributed by atoms with Gasteiger partial charge in [-0.2, -0.15) is 0 Å². The third-order valence-corrected chi connectivity index (χ3v) is 3.38. The molecule has 0 aliphatic carbocycles. The highest BCUT2D eigenvalue weighted by Crippen LogP contribution is 2.28. The van der Waals surface area contributed by atoms with Crippen LogP contribution in [0.4, 0.5) is 0 Å². The van der Waals surface area contributed by atoms with Crippen LogP contribution in [-0.2, 0) is 4.74 Å². The van der Waals surface area contributed by atoms with E-state index in [0.29, 0.717) is 12.1 Å². The molecule has 1 aliphatic rings. The SMILES string of the molecule is CCC(O)c1cn([C@@H]2O[C@H](CO)[C@@H](O)[C@H](O)[C@H]2O)nn1. The van der Waals surface area contributed by atoms with Crippen molar-refractivity contribution >= 4 is 0 Å². The Morgan fingerprint density at radius 1 is 1.30 bits per heavy atom. The summed E-state index contributed by atoms with van der Waals surface area (Å²) >= 11 is 0. The first-order chi connectivity index (χ1) is 9.49. The first kappa shape index (κ1) is 15.3. The maximum Gasteiger partial charge on any atom is 0.180 e. The van der Waals surface area contributed by atoms with E-state index < -0.39 is 43.4 Å². The minimum absolute atomic E-state index is 0.310. The zero-order chi connectivity index (χ0) is 14.9. The van der Waals surface area contributed by atoms with Crippen molar-refractivity contribution in [1.82, 2.24) is 15.0 Å². The van der Waals surface area contributed by atoms with E-state index in [1.54, 1.807) is 6.92 Å². The van der Waals surface area contributed by atoms with Gasteiger partial charge in [-0.15, -0.1) is 5.10 Å². The lowest BCUT2D eigenvalue weighted by Gasteiger charge is -2.39. The average molecular weight is 289 g/mol. The summed E-state index contributed by atoms with van der Waals surface area (Å²) in [6.45, 7) is 1.26. The molecule has 20 heavy (non-hydrogen) atoms. The van der Waals surface area contributed by atoms with E-state index in [1.807, 2.05) is 0 Å². The van der Waals surface area contributed by atoms with E-state index in [1.165, 1.54) is 6.20 Å². The summed E-state index contributed by atoms with van der Waals surface area (Å²) in [5, 5.41) is 55.5. The Kier molecular flexibility index (Phi) is 4.68. The van der Waals surface area contributed by atoms with Crippen LogP contribution in [0, 0.1) is 0 Å². The smallest absolute Gasteiger partial charge is 0.180 e. The molecule has 1 unspecified atom stereocenters. The fourth-order valence-corrected chi connectivity index (χ4v) is 2.08. The van der Waals surface area contributed by atoms with Crippen molar-refractivity contribution in [2.75, 3.05) is 6.61 Å². The maximum atomic E-state index is 9.91. The summed E-state index contributed by atoms with van der Waals surface area (Å²) in [5.74, 6) is 0. The molecule has 9 heteroatoms. The largest absolute Gasteiger partial charge is 0.394 e. The number of aromatic nitrogens is 3. The molecule has 0 bridgehead atoms. The second-order valence-corrected chi connectivity index (χ2v) is 4.77. The molecule has 9 nitrogen and oxygen atoms in total. The van der Waals surface area contributed by atoms with Crippen molar-refractivity contribution in [1.29, 1.82) is 0 Å². The van der Waals surface area contributed by atoms with Crippen LogP contribution in [0.1, 0.15) is 31.4 Å². The van der Waals surface area contributed by atoms with E-state index >= 15 is 0 Å². The number of hydrogen-bond donors (Lipinski definition) is 5. The highest BCUT2D eigenvalue weighted by atomic mass is 16.6. The van der Waals surface area contributed by atoms with Gasteiger partial charge >= 0.3 is 0 Å². The van der Waals surface area contributed by atoms with Gasteiger partial charge in [-0.25, -0.2) is 4.68 Å². The second-order valence-electron chi connectivity index (χ2n) is 4.77. The van der Waals surface area contributed by atoms with Gasteiger partial charge in [0.1, 0.15) is 30.1 Å². The minimum Gasteiger partial charge on any atom is -0.394 e. The van der Waals surface area contributed by atoms with Crippen LogP contribution in [0.3, 0.4) is 0 Å². The third kappa shape index (κ3) is 2.68. The summed E-state index contributed by atoms with van der Waals surface area (Å²) < 4.78 is 6.46. The van der Waals surface area contributed by atoms with Crippen LogP contribution in [0.25, 0.3) is 0 Å². The predicted molar refractivity (Wildman–Crippen MR) is 64.3 cm³/mol. The van der Waals surface area contributed by atoms with Gasteiger partial charge in [0.2, 0.25) is 0 Å². The molecule has 1 aliphatic heterocycles. The van der Waals surface area contributed by atoms with E-state index in [2.05, 4.69) is 10.3 Å². The maximum absolute atomic E-state index is 9.91. The van der Waals surface area contributed by atoms with Crippen LogP contribution < -0.4 is 0 Å². The molecule has 1 saturated heterocycles. The van der Waals surface area contributed by atoms with Gasteiger partial charge in [0, 0.05) is 0 Å². The summed E-state index contributed by atoms with van der Waals surface area (Å²) in [5.41, 5.74) is 0.310. The number of rotatable bonds is 4.